The zero-order chi connectivity index (χ0) is 19.5. The number of hydrogen-bond donors (Lipinski definition) is 1. The highest BCUT2D eigenvalue weighted by Crippen LogP contribution is 2.36. The van der Waals surface area contributed by atoms with Crippen molar-refractivity contribution in [1.29, 1.82) is 0 Å². The second-order valence-corrected chi connectivity index (χ2v) is 7.73. The van der Waals surface area contributed by atoms with Gasteiger partial charge in [0, 0.05) is 13.1 Å². The maximum absolute atomic E-state index is 11.4. The number of methoxy groups -OCH3 is 1. The van der Waals surface area contributed by atoms with Gasteiger partial charge < -0.3 is 14.6 Å². The molecule has 2 aromatic carbocycles. The molecule has 0 spiro atoms. The second kappa shape index (κ2) is 8.15. The molecule has 0 saturated heterocycles. The van der Waals surface area contributed by atoms with Crippen molar-refractivity contribution >= 4 is 11.0 Å². The monoisotopic (exact) mass is 377 g/mol. The molecule has 0 aliphatic heterocycles. The summed E-state index contributed by atoms with van der Waals surface area (Å²) in [6.07, 6.45) is 5.88. The third-order valence-corrected chi connectivity index (χ3v) is 5.76. The third kappa shape index (κ3) is 3.94. The van der Waals surface area contributed by atoms with Gasteiger partial charge in [0.2, 0.25) is 0 Å². The Labute approximate surface area is 165 Å². The first-order valence-electron chi connectivity index (χ1n) is 9.96. The van der Waals surface area contributed by atoms with Gasteiger partial charge in [-0.2, -0.15) is 0 Å². The number of likely N-dealkylation sites (N-methyl/N-ethyl adjacent to an activating group) is 1. The summed E-state index contributed by atoms with van der Waals surface area (Å²) in [7, 11) is 3.96. The van der Waals surface area contributed by atoms with E-state index in [1.165, 1.54) is 35.7 Å². The Morgan fingerprint density at radius 1 is 1.29 bits per heavy atom. The van der Waals surface area contributed by atoms with Crippen LogP contribution >= 0.6 is 0 Å². The van der Waals surface area contributed by atoms with Crippen LogP contribution < -0.4 is 10.3 Å². The smallest absolute Gasteiger partial charge is 0.266 e. The average molecular weight is 377 g/mol. The molecule has 5 nitrogen and oxygen atoms in total. The van der Waals surface area contributed by atoms with Crippen LogP contribution in [-0.4, -0.2) is 42.1 Å². The fourth-order valence-corrected chi connectivity index (χ4v) is 4.32. The van der Waals surface area contributed by atoms with Crippen molar-refractivity contribution in [3.05, 3.63) is 69.6 Å². The van der Waals surface area contributed by atoms with Crippen molar-refractivity contribution in [3.8, 4) is 5.75 Å². The van der Waals surface area contributed by atoms with E-state index in [2.05, 4.69) is 52.2 Å². The minimum atomic E-state index is -0.163. The standard InChI is InChI=1S/C23H27N3O2/c1-26(12-11-16-9-10-20-21(13-16)24-14-23(27)25-20)15-17-5-3-7-19-18(17)6-4-8-22(19)28-2/h4,6,8-10,13-14,17H,3,5,7,11-12,15H2,1-2H3,(H,25,27). The van der Waals surface area contributed by atoms with E-state index in [-0.39, 0.29) is 5.56 Å². The van der Waals surface area contributed by atoms with E-state index in [0.29, 0.717) is 5.92 Å². The molecule has 28 heavy (non-hydrogen) atoms. The molecule has 5 heteroatoms. The Balaban J connectivity index is 1.41. The van der Waals surface area contributed by atoms with Crippen LogP contribution in [0.2, 0.25) is 0 Å². The van der Waals surface area contributed by atoms with Crippen LogP contribution in [0.1, 0.15) is 35.4 Å². The van der Waals surface area contributed by atoms with Gasteiger partial charge in [-0.3, -0.25) is 4.79 Å². The molecule has 1 aromatic heterocycles. The van der Waals surface area contributed by atoms with Gasteiger partial charge >= 0.3 is 0 Å². The van der Waals surface area contributed by atoms with Gasteiger partial charge in [-0.15, -0.1) is 0 Å². The van der Waals surface area contributed by atoms with Crippen LogP contribution in [0.25, 0.3) is 11.0 Å². The van der Waals surface area contributed by atoms with E-state index in [4.69, 9.17) is 4.74 Å². The quantitative estimate of drug-likeness (QED) is 0.714. The van der Waals surface area contributed by atoms with Gasteiger partial charge in [0.25, 0.3) is 5.56 Å². The summed E-state index contributed by atoms with van der Waals surface area (Å²) in [5, 5.41) is 0. The minimum absolute atomic E-state index is 0.163. The number of aromatic nitrogens is 2. The fraction of sp³-hybridized carbons (Fsp3) is 0.391. The highest BCUT2D eigenvalue weighted by molar-refractivity contribution is 5.74. The molecule has 1 unspecified atom stereocenters. The molecule has 1 aliphatic carbocycles. The van der Waals surface area contributed by atoms with E-state index in [0.717, 1.165) is 42.7 Å². The largest absolute Gasteiger partial charge is 0.496 e. The number of ether oxygens (including phenoxy) is 1. The van der Waals surface area contributed by atoms with E-state index in [9.17, 15) is 4.79 Å². The van der Waals surface area contributed by atoms with E-state index < -0.39 is 0 Å². The third-order valence-electron chi connectivity index (χ3n) is 5.76. The van der Waals surface area contributed by atoms with E-state index >= 15 is 0 Å². The van der Waals surface area contributed by atoms with Crippen molar-refractivity contribution in [2.75, 3.05) is 27.2 Å². The Morgan fingerprint density at radius 3 is 3.04 bits per heavy atom. The molecule has 0 saturated carbocycles. The topological polar surface area (TPSA) is 58.2 Å². The van der Waals surface area contributed by atoms with Gasteiger partial charge in [-0.25, -0.2) is 4.98 Å². The van der Waals surface area contributed by atoms with Crippen LogP contribution in [0.3, 0.4) is 0 Å². The molecule has 4 rings (SSSR count). The first-order valence-corrected chi connectivity index (χ1v) is 9.96. The second-order valence-electron chi connectivity index (χ2n) is 7.73. The molecule has 0 amide bonds. The summed E-state index contributed by atoms with van der Waals surface area (Å²) in [5.41, 5.74) is 5.56. The van der Waals surface area contributed by atoms with Crippen LogP contribution in [0.4, 0.5) is 0 Å². The van der Waals surface area contributed by atoms with Gasteiger partial charge in [-0.1, -0.05) is 18.2 Å². The van der Waals surface area contributed by atoms with Gasteiger partial charge in [0.1, 0.15) is 5.75 Å². The summed E-state index contributed by atoms with van der Waals surface area (Å²) < 4.78 is 5.57. The molecule has 146 valence electrons. The SMILES string of the molecule is COc1cccc2c1CCCC2CN(C)CCc1ccc2[nH]c(=O)cnc2c1. The van der Waals surface area contributed by atoms with E-state index in [1.807, 2.05) is 6.07 Å². The molecular formula is C23H27N3O2. The molecule has 0 radical (unpaired) electrons. The minimum Gasteiger partial charge on any atom is -0.496 e. The lowest BCUT2D eigenvalue weighted by molar-refractivity contribution is 0.299. The maximum Gasteiger partial charge on any atom is 0.266 e. The molecule has 1 heterocycles. The van der Waals surface area contributed by atoms with Crippen molar-refractivity contribution in [1.82, 2.24) is 14.9 Å². The van der Waals surface area contributed by atoms with Crippen molar-refractivity contribution < 1.29 is 4.74 Å². The molecule has 0 bridgehead atoms. The van der Waals surface area contributed by atoms with Crippen molar-refractivity contribution in [2.24, 2.45) is 0 Å². The zero-order valence-corrected chi connectivity index (χ0v) is 16.6. The number of nitrogens with one attached hydrogen (secondary N) is 1. The summed E-state index contributed by atoms with van der Waals surface area (Å²) in [6.45, 7) is 2.05. The summed E-state index contributed by atoms with van der Waals surface area (Å²) in [6, 6.07) is 12.6. The van der Waals surface area contributed by atoms with Gasteiger partial charge in [0.15, 0.2) is 0 Å². The van der Waals surface area contributed by atoms with Crippen LogP contribution in [0, 0.1) is 0 Å². The van der Waals surface area contributed by atoms with Gasteiger partial charge in [0.05, 0.1) is 24.3 Å². The number of benzene rings is 2. The first kappa shape index (κ1) is 18.7. The predicted molar refractivity (Wildman–Crippen MR) is 112 cm³/mol. The lowest BCUT2D eigenvalue weighted by atomic mass is 9.82. The summed E-state index contributed by atoms with van der Waals surface area (Å²) in [5.74, 6) is 1.60. The summed E-state index contributed by atoms with van der Waals surface area (Å²) in [4.78, 5) is 20.8. The van der Waals surface area contributed by atoms with Gasteiger partial charge in [-0.05, 0) is 73.5 Å². The molecule has 1 atom stereocenters. The molecular weight excluding hydrogens is 350 g/mol. The molecule has 1 N–H and O–H groups in total. The normalized spacial score (nSPS) is 16.3. The highest BCUT2D eigenvalue weighted by Gasteiger charge is 2.23. The lowest BCUT2D eigenvalue weighted by Crippen LogP contribution is -2.28. The molecule has 3 aromatic rings. The number of H-pyrrole nitrogens is 1. The lowest BCUT2D eigenvalue weighted by Gasteiger charge is -2.30. The Hall–Kier alpha value is -2.66. The number of aromatic amines is 1. The van der Waals surface area contributed by atoms with Crippen LogP contribution in [0.5, 0.6) is 5.75 Å². The predicted octanol–water partition coefficient (Wildman–Crippen LogP) is 3.53. The van der Waals surface area contributed by atoms with Crippen LogP contribution in [0.15, 0.2) is 47.4 Å². The number of nitrogens with zero attached hydrogens (tertiary/aromatic N) is 2. The zero-order valence-electron chi connectivity index (χ0n) is 16.6. The Morgan fingerprint density at radius 2 is 2.18 bits per heavy atom. The number of hydrogen-bond acceptors (Lipinski definition) is 4. The maximum atomic E-state index is 11.4. The Bertz CT molecular complexity index is 1030. The Kier molecular flexibility index (Phi) is 5.44. The molecule has 1 aliphatic rings. The number of fused-ring (bicyclic) bond motifs is 2. The first-order chi connectivity index (χ1) is 13.6. The van der Waals surface area contributed by atoms with E-state index in [1.54, 1.807) is 7.11 Å². The van der Waals surface area contributed by atoms with Crippen molar-refractivity contribution in [3.63, 3.8) is 0 Å². The van der Waals surface area contributed by atoms with Crippen molar-refractivity contribution in [2.45, 2.75) is 31.6 Å². The molecule has 0 fully saturated rings. The highest BCUT2D eigenvalue weighted by atomic mass is 16.5. The summed E-state index contributed by atoms with van der Waals surface area (Å²) >= 11 is 0. The number of rotatable bonds is 6. The fourth-order valence-electron chi connectivity index (χ4n) is 4.32. The average Bonchev–Trinajstić information content (AvgIpc) is 2.72. The van der Waals surface area contributed by atoms with Crippen LogP contribution in [-0.2, 0) is 12.8 Å².